The van der Waals surface area contributed by atoms with Gasteiger partial charge in [0.05, 0.1) is 11.3 Å². The van der Waals surface area contributed by atoms with Gasteiger partial charge in [0.2, 0.25) is 11.6 Å². The van der Waals surface area contributed by atoms with Crippen LogP contribution in [0.3, 0.4) is 0 Å². The second-order valence-corrected chi connectivity index (χ2v) is 5.41. The molecule has 3 aromatic rings. The number of carbonyl (C=O) groups is 1. The molecule has 1 unspecified atom stereocenters. The Morgan fingerprint density at radius 1 is 1.19 bits per heavy atom. The molecule has 2 heterocycles. The highest BCUT2D eigenvalue weighted by molar-refractivity contribution is 5.86. The Balaban J connectivity index is 1.76. The lowest BCUT2D eigenvalue weighted by molar-refractivity contribution is -0.137. The number of carbonyl (C=O) groups excluding carboxylic acids is 1. The van der Waals surface area contributed by atoms with Crippen LogP contribution < -0.4 is 0 Å². The van der Waals surface area contributed by atoms with Gasteiger partial charge in [-0.2, -0.15) is 18.2 Å². The number of esters is 1. The standard InChI is InChI=1S/C16H12F3N3O4/c1-8-6-12(25-21-8)15(23)24-9(2)14-20-13(22-26-14)10-4-3-5-11(7-10)16(17,18)19/h3-7,9H,1-2H3. The van der Waals surface area contributed by atoms with Gasteiger partial charge < -0.3 is 13.8 Å². The van der Waals surface area contributed by atoms with E-state index in [0.717, 1.165) is 12.1 Å². The first-order valence-corrected chi connectivity index (χ1v) is 7.39. The molecule has 0 fully saturated rings. The van der Waals surface area contributed by atoms with Crippen LogP contribution in [0, 0.1) is 6.92 Å². The lowest BCUT2D eigenvalue weighted by atomic mass is 10.1. The number of hydrogen-bond acceptors (Lipinski definition) is 7. The quantitative estimate of drug-likeness (QED) is 0.644. The zero-order valence-corrected chi connectivity index (χ0v) is 13.6. The predicted molar refractivity (Wildman–Crippen MR) is 79.8 cm³/mol. The monoisotopic (exact) mass is 367 g/mol. The van der Waals surface area contributed by atoms with Crippen LogP contribution in [0.1, 0.15) is 40.7 Å². The summed E-state index contributed by atoms with van der Waals surface area (Å²) < 4.78 is 53.2. The zero-order chi connectivity index (χ0) is 18.9. The summed E-state index contributed by atoms with van der Waals surface area (Å²) in [4.78, 5) is 15.9. The summed E-state index contributed by atoms with van der Waals surface area (Å²) in [6.45, 7) is 3.12. The predicted octanol–water partition coefficient (Wildman–Crippen LogP) is 3.97. The number of hydrogen-bond donors (Lipinski definition) is 0. The zero-order valence-electron chi connectivity index (χ0n) is 13.6. The fraction of sp³-hybridized carbons (Fsp3) is 0.250. The summed E-state index contributed by atoms with van der Waals surface area (Å²) in [5.41, 5.74) is -0.199. The van der Waals surface area contributed by atoms with E-state index in [9.17, 15) is 18.0 Å². The number of aryl methyl sites for hydroxylation is 1. The van der Waals surface area contributed by atoms with Crippen molar-refractivity contribution in [2.24, 2.45) is 0 Å². The van der Waals surface area contributed by atoms with E-state index in [4.69, 9.17) is 13.8 Å². The Bertz CT molecular complexity index is 933. The second kappa shape index (κ2) is 6.62. The summed E-state index contributed by atoms with van der Waals surface area (Å²) in [7, 11) is 0. The van der Waals surface area contributed by atoms with Crippen molar-refractivity contribution < 1.29 is 31.7 Å². The largest absolute Gasteiger partial charge is 0.447 e. The summed E-state index contributed by atoms with van der Waals surface area (Å²) in [6, 6.07) is 5.90. The topological polar surface area (TPSA) is 91.2 Å². The van der Waals surface area contributed by atoms with E-state index < -0.39 is 23.8 Å². The highest BCUT2D eigenvalue weighted by atomic mass is 19.4. The summed E-state index contributed by atoms with van der Waals surface area (Å²) in [5.74, 6) is -0.990. The van der Waals surface area contributed by atoms with Gasteiger partial charge in [-0.1, -0.05) is 22.4 Å². The summed E-state index contributed by atoms with van der Waals surface area (Å²) in [6.07, 6.45) is -5.42. The highest BCUT2D eigenvalue weighted by Gasteiger charge is 2.31. The van der Waals surface area contributed by atoms with Crippen molar-refractivity contribution in [2.75, 3.05) is 0 Å². The number of nitrogens with zero attached hydrogens (tertiary/aromatic N) is 3. The van der Waals surface area contributed by atoms with E-state index in [1.54, 1.807) is 6.92 Å². The molecule has 7 nitrogen and oxygen atoms in total. The van der Waals surface area contributed by atoms with Crippen molar-refractivity contribution >= 4 is 5.97 Å². The second-order valence-electron chi connectivity index (χ2n) is 5.41. The van der Waals surface area contributed by atoms with Crippen LogP contribution in [-0.2, 0) is 10.9 Å². The van der Waals surface area contributed by atoms with Crippen molar-refractivity contribution in [3.63, 3.8) is 0 Å². The molecular weight excluding hydrogens is 355 g/mol. The van der Waals surface area contributed by atoms with Crippen molar-refractivity contribution in [2.45, 2.75) is 26.1 Å². The molecular formula is C16H12F3N3O4. The van der Waals surface area contributed by atoms with Gasteiger partial charge in [-0.25, -0.2) is 4.79 Å². The Morgan fingerprint density at radius 2 is 1.96 bits per heavy atom. The number of halogens is 3. The molecule has 1 aromatic carbocycles. The number of alkyl halides is 3. The third-order valence-electron chi connectivity index (χ3n) is 3.35. The molecule has 0 spiro atoms. The Hall–Kier alpha value is -3.17. The van der Waals surface area contributed by atoms with Crippen LogP contribution in [0.15, 0.2) is 39.4 Å². The van der Waals surface area contributed by atoms with Crippen LogP contribution >= 0.6 is 0 Å². The molecule has 0 saturated carbocycles. The van der Waals surface area contributed by atoms with Gasteiger partial charge in [-0.15, -0.1) is 0 Å². The van der Waals surface area contributed by atoms with Crippen molar-refractivity contribution in [3.05, 3.63) is 53.2 Å². The third-order valence-corrected chi connectivity index (χ3v) is 3.35. The maximum absolute atomic E-state index is 12.8. The van der Waals surface area contributed by atoms with Crippen LogP contribution in [0.25, 0.3) is 11.4 Å². The Labute approximate surface area is 144 Å². The van der Waals surface area contributed by atoms with Gasteiger partial charge in [0.25, 0.3) is 5.89 Å². The molecule has 0 aliphatic heterocycles. The lowest BCUT2D eigenvalue weighted by Crippen LogP contribution is -2.08. The van der Waals surface area contributed by atoms with Crippen LogP contribution in [0.4, 0.5) is 13.2 Å². The van der Waals surface area contributed by atoms with Gasteiger partial charge >= 0.3 is 12.1 Å². The van der Waals surface area contributed by atoms with Gasteiger partial charge in [-0.05, 0) is 26.0 Å². The highest BCUT2D eigenvalue weighted by Crippen LogP contribution is 2.31. The van der Waals surface area contributed by atoms with Gasteiger partial charge in [-0.3, -0.25) is 0 Å². The van der Waals surface area contributed by atoms with E-state index in [2.05, 4.69) is 15.3 Å². The van der Waals surface area contributed by atoms with E-state index in [0.29, 0.717) is 5.69 Å². The fourth-order valence-corrected chi connectivity index (χ4v) is 2.08. The molecule has 1 atom stereocenters. The third kappa shape index (κ3) is 3.73. The van der Waals surface area contributed by atoms with E-state index in [1.807, 2.05) is 0 Å². The molecule has 26 heavy (non-hydrogen) atoms. The SMILES string of the molecule is Cc1cc(C(=O)OC(C)c2nc(-c3cccc(C(F)(F)F)c3)no2)on1. The maximum atomic E-state index is 12.8. The number of aromatic nitrogens is 3. The molecule has 0 saturated heterocycles. The first-order valence-electron chi connectivity index (χ1n) is 7.39. The molecule has 0 aliphatic carbocycles. The van der Waals surface area contributed by atoms with Gasteiger partial charge in [0.15, 0.2) is 6.10 Å². The number of benzene rings is 1. The van der Waals surface area contributed by atoms with E-state index >= 15 is 0 Å². The molecule has 136 valence electrons. The molecule has 0 amide bonds. The minimum absolute atomic E-state index is 0.0514. The van der Waals surface area contributed by atoms with Gasteiger partial charge in [0, 0.05) is 11.6 Å². The molecule has 10 heteroatoms. The summed E-state index contributed by atoms with van der Waals surface area (Å²) >= 11 is 0. The van der Waals surface area contributed by atoms with Crippen LogP contribution in [0.2, 0.25) is 0 Å². The van der Waals surface area contributed by atoms with E-state index in [1.165, 1.54) is 25.1 Å². The average molecular weight is 367 g/mol. The Kier molecular flexibility index (Phi) is 4.49. The average Bonchev–Trinajstić information content (AvgIpc) is 3.23. The number of rotatable bonds is 4. The molecule has 0 N–H and O–H groups in total. The van der Waals surface area contributed by atoms with Gasteiger partial charge in [0.1, 0.15) is 0 Å². The fourth-order valence-electron chi connectivity index (χ4n) is 2.08. The normalized spacial score (nSPS) is 12.8. The maximum Gasteiger partial charge on any atom is 0.416 e. The van der Waals surface area contributed by atoms with Crippen LogP contribution in [0.5, 0.6) is 0 Å². The first kappa shape index (κ1) is 17.6. The molecule has 0 aliphatic rings. The molecule has 0 bridgehead atoms. The van der Waals surface area contributed by atoms with Crippen LogP contribution in [-0.4, -0.2) is 21.3 Å². The minimum Gasteiger partial charge on any atom is -0.447 e. The Morgan fingerprint density at radius 3 is 2.62 bits per heavy atom. The lowest BCUT2D eigenvalue weighted by Gasteiger charge is -2.07. The number of ether oxygens (including phenoxy) is 1. The summed E-state index contributed by atoms with van der Waals surface area (Å²) in [5, 5.41) is 7.20. The molecule has 3 rings (SSSR count). The first-order chi connectivity index (χ1) is 12.2. The minimum atomic E-state index is -4.49. The molecule has 0 radical (unpaired) electrons. The van der Waals surface area contributed by atoms with Crippen molar-refractivity contribution in [1.82, 2.24) is 15.3 Å². The smallest absolute Gasteiger partial charge is 0.416 e. The van der Waals surface area contributed by atoms with E-state index in [-0.39, 0.29) is 23.0 Å². The van der Waals surface area contributed by atoms with Crippen molar-refractivity contribution in [1.29, 1.82) is 0 Å². The molecule has 2 aromatic heterocycles. The van der Waals surface area contributed by atoms with Crippen molar-refractivity contribution in [3.8, 4) is 11.4 Å².